The van der Waals surface area contributed by atoms with Gasteiger partial charge in [0.05, 0.1) is 7.11 Å². The van der Waals surface area contributed by atoms with Crippen LogP contribution in [0.3, 0.4) is 0 Å². The Morgan fingerprint density at radius 2 is 2.05 bits per heavy atom. The Morgan fingerprint density at radius 3 is 2.67 bits per heavy atom. The molecule has 21 heavy (non-hydrogen) atoms. The van der Waals surface area contributed by atoms with Gasteiger partial charge in [0.25, 0.3) is 0 Å². The quantitative estimate of drug-likeness (QED) is 0.687. The molecule has 1 aromatic rings. The molecule has 1 aliphatic rings. The third-order valence-electron chi connectivity index (χ3n) is 4.09. The van der Waals surface area contributed by atoms with Crippen LogP contribution in [0.4, 0.5) is 0 Å². The Labute approximate surface area is 128 Å². The first-order valence-electron chi connectivity index (χ1n) is 7.72. The molecule has 0 aliphatic carbocycles. The Bertz CT molecular complexity index is 491. The molecule has 0 aromatic heterocycles. The summed E-state index contributed by atoms with van der Waals surface area (Å²) in [5.74, 6) is 2.75. The van der Waals surface area contributed by atoms with Crippen LogP contribution in [0.1, 0.15) is 30.9 Å². The van der Waals surface area contributed by atoms with E-state index in [1.165, 1.54) is 24.0 Å². The van der Waals surface area contributed by atoms with Crippen LogP contribution in [-0.2, 0) is 6.54 Å². The molecule has 1 saturated heterocycles. The maximum Gasteiger partial charge on any atom is 0.193 e. The number of guanidine groups is 1. The fourth-order valence-electron chi connectivity index (χ4n) is 2.78. The second-order valence-electron chi connectivity index (χ2n) is 5.93. The zero-order valence-electron chi connectivity index (χ0n) is 13.6. The van der Waals surface area contributed by atoms with Crippen LogP contribution in [0.15, 0.2) is 23.2 Å². The predicted molar refractivity (Wildman–Crippen MR) is 87.9 cm³/mol. The summed E-state index contributed by atoms with van der Waals surface area (Å²) in [5, 5.41) is 3.47. The number of ether oxygens (including phenoxy) is 1. The van der Waals surface area contributed by atoms with Crippen molar-refractivity contribution in [3.63, 3.8) is 0 Å². The molecule has 4 nitrogen and oxygen atoms in total. The van der Waals surface area contributed by atoms with Gasteiger partial charge >= 0.3 is 0 Å². The lowest BCUT2D eigenvalue weighted by Crippen LogP contribution is -2.45. The monoisotopic (exact) mass is 289 g/mol. The molecule has 0 saturated carbocycles. The number of piperidine rings is 1. The largest absolute Gasteiger partial charge is 0.497 e. The van der Waals surface area contributed by atoms with Gasteiger partial charge in [0.1, 0.15) is 5.75 Å². The average molecular weight is 289 g/mol. The predicted octanol–water partition coefficient (Wildman–Crippen LogP) is 2.81. The van der Waals surface area contributed by atoms with Crippen LogP contribution in [-0.4, -0.2) is 38.1 Å². The summed E-state index contributed by atoms with van der Waals surface area (Å²) in [6, 6.07) is 6.30. The molecule has 4 heteroatoms. The van der Waals surface area contributed by atoms with E-state index in [-0.39, 0.29) is 0 Å². The molecular formula is C17H27N3O. The second kappa shape index (κ2) is 7.34. The lowest BCUT2D eigenvalue weighted by molar-refractivity contribution is 0.273. The molecule has 1 aromatic carbocycles. The Hall–Kier alpha value is -1.71. The van der Waals surface area contributed by atoms with Gasteiger partial charge in [0.2, 0.25) is 0 Å². The first kappa shape index (κ1) is 15.7. The number of likely N-dealkylation sites (tertiary alicyclic amines) is 1. The molecule has 0 spiro atoms. The molecule has 1 aliphatic heterocycles. The van der Waals surface area contributed by atoms with Gasteiger partial charge in [-0.15, -0.1) is 0 Å². The summed E-state index contributed by atoms with van der Waals surface area (Å²) in [4.78, 5) is 6.77. The number of benzene rings is 1. The Morgan fingerprint density at radius 1 is 1.33 bits per heavy atom. The number of hydrogen-bond donors (Lipinski definition) is 1. The maximum absolute atomic E-state index is 5.33. The number of aliphatic imine (C=N–C) groups is 1. The Balaban J connectivity index is 1.96. The van der Waals surface area contributed by atoms with Gasteiger partial charge in [0, 0.05) is 26.7 Å². The van der Waals surface area contributed by atoms with Crippen molar-refractivity contribution in [3.05, 3.63) is 29.3 Å². The third kappa shape index (κ3) is 4.38. The zero-order chi connectivity index (χ0) is 15.2. The highest BCUT2D eigenvalue weighted by atomic mass is 16.5. The van der Waals surface area contributed by atoms with Crippen molar-refractivity contribution in [1.82, 2.24) is 10.2 Å². The molecule has 116 valence electrons. The molecule has 2 rings (SSSR count). The highest BCUT2D eigenvalue weighted by Gasteiger charge is 2.18. The van der Waals surface area contributed by atoms with E-state index in [9.17, 15) is 0 Å². The molecule has 1 fully saturated rings. The summed E-state index contributed by atoms with van der Waals surface area (Å²) in [5.41, 5.74) is 2.44. The van der Waals surface area contributed by atoms with Crippen LogP contribution < -0.4 is 10.1 Å². The van der Waals surface area contributed by atoms with E-state index >= 15 is 0 Å². The van der Waals surface area contributed by atoms with Crippen molar-refractivity contribution < 1.29 is 4.74 Å². The van der Waals surface area contributed by atoms with E-state index < -0.39 is 0 Å². The molecule has 0 bridgehead atoms. The molecule has 1 N–H and O–H groups in total. The molecule has 0 radical (unpaired) electrons. The molecule has 0 amide bonds. The highest BCUT2D eigenvalue weighted by Crippen LogP contribution is 2.18. The minimum absolute atomic E-state index is 0.775. The van der Waals surface area contributed by atoms with Gasteiger partial charge in [-0.05, 0) is 48.9 Å². The van der Waals surface area contributed by atoms with E-state index in [4.69, 9.17) is 4.74 Å². The van der Waals surface area contributed by atoms with Crippen LogP contribution in [0.25, 0.3) is 0 Å². The molecule has 1 heterocycles. The van der Waals surface area contributed by atoms with E-state index in [1.54, 1.807) is 7.11 Å². The lowest BCUT2D eigenvalue weighted by atomic mass is 9.99. The van der Waals surface area contributed by atoms with E-state index in [0.29, 0.717) is 0 Å². The van der Waals surface area contributed by atoms with Crippen molar-refractivity contribution in [2.24, 2.45) is 10.9 Å². The maximum atomic E-state index is 5.33. The van der Waals surface area contributed by atoms with Crippen molar-refractivity contribution in [1.29, 1.82) is 0 Å². The minimum Gasteiger partial charge on any atom is -0.497 e. The topological polar surface area (TPSA) is 36.9 Å². The van der Waals surface area contributed by atoms with Gasteiger partial charge < -0.3 is 15.0 Å². The molecule has 0 atom stereocenters. The van der Waals surface area contributed by atoms with Gasteiger partial charge in [0.15, 0.2) is 5.96 Å². The number of methoxy groups -OCH3 is 1. The van der Waals surface area contributed by atoms with Gasteiger partial charge in [-0.3, -0.25) is 4.99 Å². The second-order valence-corrected chi connectivity index (χ2v) is 5.93. The minimum atomic E-state index is 0.775. The number of nitrogens with zero attached hydrogens (tertiary/aromatic N) is 2. The van der Waals surface area contributed by atoms with Crippen LogP contribution in [0, 0.1) is 12.8 Å². The van der Waals surface area contributed by atoms with Gasteiger partial charge in [-0.1, -0.05) is 13.0 Å². The third-order valence-corrected chi connectivity index (χ3v) is 4.09. The van der Waals surface area contributed by atoms with Crippen molar-refractivity contribution in [3.8, 4) is 5.75 Å². The average Bonchev–Trinajstić information content (AvgIpc) is 2.49. The fraction of sp³-hybridized carbons (Fsp3) is 0.588. The van der Waals surface area contributed by atoms with Crippen LogP contribution in [0.2, 0.25) is 0 Å². The van der Waals surface area contributed by atoms with Gasteiger partial charge in [-0.2, -0.15) is 0 Å². The Kier molecular flexibility index (Phi) is 5.48. The van der Waals surface area contributed by atoms with Crippen LogP contribution >= 0.6 is 0 Å². The van der Waals surface area contributed by atoms with E-state index in [0.717, 1.165) is 37.3 Å². The standard InChI is InChI=1S/C17H27N3O/c1-13-5-7-20(8-6-13)17(18-3)19-12-15-9-14(2)10-16(11-15)21-4/h9-11,13H,5-8,12H2,1-4H3,(H,18,19). The van der Waals surface area contributed by atoms with E-state index in [2.05, 4.69) is 41.2 Å². The fourth-order valence-corrected chi connectivity index (χ4v) is 2.78. The first-order chi connectivity index (χ1) is 10.1. The summed E-state index contributed by atoms with van der Waals surface area (Å²) in [6.07, 6.45) is 2.50. The number of hydrogen-bond acceptors (Lipinski definition) is 2. The smallest absolute Gasteiger partial charge is 0.193 e. The SMILES string of the molecule is CN=C(NCc1cc(C)cc(OC)c1)N1CCC(C)CC1. The van der Waals surface area contributed by atoms with Crippen molar-refractivity contribution >= 4 is 5.96 Å². The first-order valence-corrected chi connectivity index (χ1v) is 7.72. The summed E-state index contributed by atoms with van der Waals surface area (Å²) in [6.45, 7) is 7.38. The number of aryl methyl sites for hydroxylation is 1. The van der Waals surface area contributed by atoms with Gasteiger partial charge in [-0.25, -0.2) is 0 Å². The van der Waals surface area contributed by atoms with Crippen molar-refractivity contribution in [2.75, 3.05) is 27.2 Å². The molecular weight excluding hydrogens is 262 g/mol. The summed E-state index contributed by atoms with van der Waals surface area (Å²) < 4.78 is 5.33. The summed E-state index contributed by atoms with van der Waals surface area (Å²) in [7, 11) is 3.57. The molecule has 0 unspecified atom stereocenters. The highest BCUT2D eigenvalue weighted by molar-refractivity contribution is 5.79. The lowest BCUT2D eigenvalue weighted by Gasteiger charge is -2.33. The zero-order valence-corrected chi connectivity index (χ0v) is 13.6. The summed E-state index contributed by atoms with van der Waals surface area (Å²) >= 11 is 0. The number of nitrogens with one attached hydrogen (secondary N) is 1. The van der Waals surface area contributed by atoms with Crippen molar-refractivity contribution in [2.45, 2.75) is 33.2 Å². The number of rotatable bonds is 3. The normalized spacial score (nSPS) is 17.0. The van der Waals surface area contributed by atoms with E-state index in [1.807, 2.05) is 13.1 Å². The van der Waals surface area contributed by atoms with Crippen LogP contribution in [0.5, 0.6) is 5.75 Å².